The molecule has 5 aliphatic rings. The van der Waals surface area contributed by atoms with Gasteiger partial charge in [0, 0.05) is 17.4 Å². The Bertz CT molecular complexity index is 900. The molecule has 33 heavy (non-hydrogen) atoms. The monoisotopic (exact) mass is 454 g/mol. The molecule has 0 radical (unpaired) electrons. The third-order valence-corrected chi connectivity index (χ3v) is 13.0. The Morgan fingerprint density at radius 3 is 2.36 bits per heavy atom. The lowest BCUT2D eigenvalue weighted by Crippen LogP contribution is -2.57. The number of carbonyl (C=O) groups excluding carboxylic acids is 1. The number of carboxylic acid groups (broad SMARTS) is 1. The molecule has 8 atom stereocenters. The van der Waals surface area contributed by atoms with Gasteiger partial charge >= 0.3 is 5.97 Å². The molecule has 0 saturated heterocycles. The second kappa shape index (κ2) is 7.20. The fourth-order valence-electron chi connectivity index (χ4n) is 11.0. The van der Waals surface area contributed by atoms with Crippen LogP contribution < -0.4 is 0 Å². The third kappa shape index (κ3) is 2.86. The quantitative estimate of drug-likeness (QED) is 0.439. The Hall–Kier alpha value is -1.12. The van der Waals surface area contributed by atoms with Gasteiger partial charge in [0.05, 0.1) is 0 Å². The Labute approximate surface area is 201 Å². The van der Waals surface area contributed by atoms with Crippen LogP contribution in [0.2, 0.25) is 0 Å². The minimum atomic E-state index is -0.790. The summed E-state index contributed by atoms with van der Waals surface area (Å²) in [7, 11) is 0. The zero-order chi connectivity index (χ0) is 24.0. The normalized spacial score (nSPS) is 48.8. The number of Topliss-reactive ketones (excluding diaryl/α,β-unsaturated/α-hetero) is 1. The van der Waals surface area contributed by atoms with E-state index in [0.717, 1.165) is 37.5 Å². The van der Waals surface area contributed by atoms with Gasteiger partial charge in [0.2, 0.25) is 0 Å². The highest BCUT2D eigenvalue weighted by Crippen LogP contribution is 2.88. The standard InChI is InChI=1S/C30H46O3/c1-19(8-7-9-20(2)25(32)33)21-12-14-28(6)23-11-10-22-26(3,4)24(31)13-15-29(22)18-30(23,29)17-16-27(21,28)5/h9,19,21-23H,7-8,10-18H2,1-6H3,(H,32,33)/t19-,21-,22-,23+,27-,28+,29-,30+/m1/s1. The first-order valence-corrected chi connectivity index (χ1v) is 13.8. The first kappa shape index (κ1) is 23.6. The van der Waals surface area contributed by atoms with E-state index < -0.39 is 5.97 Å². The highest BCUT2D eigenvalue weighted by molar-refractivity contribution is 5.86. The average molecular weight is 455 g/mol. The van der Waals surface area contributed by atoms with Gasteiger partial charge in [-0.3, -0.25) is 4.79 Å². The number of fused-ring (bicyclic) bond motifs is 2. The van der Waals surface area contributed by atoms with Gasteiger partial charge in [0.1, 0.15) is 5.78 Å². The molecule has 0 unspecified atom stereocenters. The number of rotatable bonds is 5. The van der Waals surface area contributed by atoms with E-state index in [1.54, 1.807) is 6.92 Å². The number of hydrogen-bond donors (Lipinski definition) is 1. The average Bonchev–Trinajstić information content (AvgIpc) is 3.33. The number of aliphatic carboxylic acids is 1. The van der Waals surface area contributed by atoms with Crippen LogP contribution in [-0.2, 0) is 9.59 Å². The predicted molar refractivity (Wildman–Crippen MR) is 132 cm³/mol. The molecular formula is C30H46O3. The van der Waals surface area contributed by atoms with E-state index in [2.05, 4.69) is 34.6 Å². The Morgan fingerprint density at radius 1 is 1.00 bits per heavy atom. The molecule has 5 saturated carbocycles. The summed E-state index contributed by atoms with van der Waals surface area (Å²) in [5, 5.41) is 9.17. The molecular weight excluding hydrogens is 408 g/mol. The molecule has 3 heteroatoms. The van der Waals surface area contributed by atoms with E-state index in [4.69, 9.17) is 5.11 Å². The van der Waals surface area contributed by atoms with Crippen molar-refractivity contribution in [3.8, 4) is 0 Å². The molecule has 2 spiro atoms. The maximum absolute atomic E-state index is 12.8. The van der Waals surface area contributed by atoms with Crippen molar-refractivity contribution in [2.24, 2.45) is 50.7 Å². The summed E-state index contributed by atoms with van der Waals surface area (Å²) < 4.78 is 0. The smallest absolute Gasteiger partial charge is 0.330 e. The van der Waals surface area contributed by atoms with E-state index in [9.17, 15) is 9.59 Å². The van der Waals surface area contributed by atoms with Crippen molar-refractivity contribution in [3.05, 3.63) is 11.6 Å². The van der Waals surface area contributed by atoms with Gasteiger partial charge in [-0.05, 0) is 116 Å². The molecule has 0 bridgehead atoms. The minimum absolute atomic E-state index is 0.122. The summed E-state index contributed by atoms with van der Waals surface area (Å²) in [6.07, 6.45) is 15.3. The molecule has 0 heterocycles. The zero-order valence-electron chi connectivity index (χ0n) is 21.9. The molecule has 0 aromatic rings. The molecule has 3 nitrogen and oxygen atoms in total. The van der Waals surface area contributed by atoms with Gasteiger partial charge in [0.25, 0.3) is 0 Å². The Kier molecular flexibility index (Phi) is 5.15. The second-order valence-corrected chi connectivity index (χ2v) is 14.0. The highest BCUT2D eigenvalue weighted by Gasteiger charge is 2.82. The Balaban J connectivity index is 1.37. The van der Waals surface area contributed by atoms with Crippen molar-refractivity contribution in [1.29, 1.82) is 0 Å². The maximum Gasteiger partial charge on any atom is 0.330 e. The van der Waals surface area contributed by atoms with E-state index >= 15 is 0 Å². The van der Waals surface area contributed by atoms with Crippen LogP contribution in [0.3, 0.4) is 0 Å². The van der Waals surface area contributed by atoms with Gasteiger partial charge in [-0.15, -0.1) is 0 Å². The summed E-state index contributed by atoms with van der Waals surface area (Å²) in [5.74, 6) is 2.55. The lowest BCUT2D eigenvalue weighted by Gasteiger charge is -2.62. The summed E-state index contributed by atoms with van der Waals surface area (Å²) in [6, 6.07) is 0. The van der Waals surface area contributed by atoms with Crippen LogP contribution >= 0.6 is 0 Å². The summed E-state index contributed by atoms with van der Waals surface area (Å²) >= 11 is 0. The molecule has 0 aromatic heterocycles. The summed E-state index contributed by atoms with van der Waals surface area (Å²) in [4.78, 5) is 24.0. The van der Waals surface area contributed by atoms with Crippen molar-refractivity contribution in [1.82, 2.24) is 0 Å². The molecule has 184 valence electrons. The van der Waals surface area contributed by atoms with Crippen molar-refractivity contribution in [2.45, 2.75) is 112 Å². The number of carbonyl (C=O) groups is 2. The van der Waals surface area contributed by atoms with Crippen molar-refractivity contribution in [3.63, 3.8) is 0 Å². The lowest BCUT2D eigenvalue weighted by molar-refractivity contribution is -0.157. The van der Waals surface area contributed by atoms with Crippen LogP contribution in [0.25, 0.3) is 0 Å². The first-order valence-electron chi connectivity index (χ1n) is 13.8. The SMILES string of the molecule is CC(=CCC[C@@H](C)[C@H]1CC[C@@]2(C)[C@@H]3CC[C@@H]4C(C)(C)C(=O)CC[C@@]45C[C@@]35CC[C@]12C)C(=O)O. The van der Waals surface area contributed by atoms with Gasteiger partial charge < -0.3 is 5.11 Å². The van der Waals surface area contributed by atoms with Crippen LogP contribution in [0.4, 0.5) is 0 Å². The van der Waals surface area contributed by atoms with Crippen LogP contribution in [-0.4, -0.2) is 16.9 Å². The lowest BCUT2D eigenvalue weighted by atomic mass is 9.42. The van der Waals surface area contributed by atoms with E-state index in [1.165, 1.54) is 44.9 Å². The van der Waals surface area contributed by atoms with Crippen molar-refractivity contribution < 1.29 is 14.7 Å². The highest BCUT2D eigenvalue weighted by atomic mass is 16.4. The molecule has 1 N–H and O–H groups in total. The summed E-state index contributed by atoms with van der Waals surface area (Å²) in [6.45, 7) is 13.9. The molecule has 5 fully saturated rings. The predicted octanol–water partition coefficient (Wildman–Crippen LogP) is 7.44. The van der Waals surface area contributed by atoms with E-state index in [-0.39, 0.29) is 5.41 Å². The number of allylic oxidation sites excluding steroid dienone is 1. The van der Waals surface area contributed by atoms with Gasteiger partial charge in [-0.25, -0.2) is 4.79 Å². The van der Waals surface area contributed by atoms with E-state index in [1.807, 2.05) is 6.08 Å². The molecule has 5 aliphatic carbocycles. The summed E-state index contributed by atoms with van der Waals surface area (Å²) in [5.41, 5.74) is 2.14. The fourth-order valence-corrected chi connectivity index (χ4v) is 11.0. The van der Waals surface area contributed by atoms with Crippen LogP contribution in [0, 0.1) is 50.7 Å². The third-order valence-electron chi connectivity index (χ3n) is 13.0. The van der Waals surface area contributed by atoms with Gasteiger partial charge in [-0.1, -0.05) is 40.7 Å². The fraction of sp³-hybridized carbons (Fsp3) is 0.867. The van der Waals surface area contributed by atoms with Gasteiger partial charge in [-0.2, -0.15) is 0 Å². The Morgan fingerprint density at radius 2 is 1.67 bits per heavy atom. The van der Waals surface area contributed by atoms with Crippen molar-refractivity contribution in [2.75, 3.05) is 0 Å². The topological polar surface area (TPSA) is 54.4 Å². The van der Waals surface area contributed by atoms with Crippen LogP contribution in [0.15, 0.2) is 11.6 Å². The number of carboxylic acids is 1. The minimum Gasteiger partial charge on any atom is -0.478 e. The van der Waals surface area contributed by atoms with Crippen LogP contribution in [0.1, 0.15) is 112 Å². The second-order valence-electron chi connectivity index (χ2n) is 14.0. The maximum atomic E-state index is 12.8. The molecule has 5 rings (SSSR count). The zero-order valence-corrected chi connectivity index (χ0v) is 21.9. The van der Waals surface area contributed by atoms with E-state index in [0.29, 0.717) is 44.9 Å². The molecule has 0 aromatic carbocycles. The number of hydrogen-bond acceptors (Lipinski definition) is 2. The largest absolute Gasteiger partial charge is 0.478 e. The number of ketones is 1. The van der Waals surface area contributed by atoms with Gasteiger partial charge in [0.15, 0.2) is 0 Å². The molecule has 0 amide bonds. The van der Waals surface area contributed by atoms with Crippen LogP contribution in [0.5, 0.6) is 0 Å². The molecule has 0 aliphatic heterocycles. The first-order chi connectivity index (χ1) is 15.4. The van der Waals surface area contributed by atoms with Crippen molar-refractivity contribution >= 4 is 11.8 Å².